The van der Waals surface area contributed by atoms with Crippen molar-refractivity contribution in [2.24, 2.45) is 4.99 Å². The average molecular weight is 291 g/mol. The Morgan fingerprint density at radius 2 is 2.17 bits per heavy atom. The first-order valence-electron chi connectivity index (χ1n) is 5.16. The van der Waals surface area contributed by atoms with E-state index in [1.165, 1.54) is 0 Å². The van der Waals surface area contributed by atoms with Crippen LogP contribution in [0.1, 0.15) is 5.56 Å². The average Bonchev–Trinajstić information content (AvgIpc) is 2.37. The summed E-state index contributed by atoms with van der Waals surface area (Å²) in [5, 5.41) is 12.5. The van der Waals surface area contributed by atoms with Crippen molar-refractivity contribution in [3.63, 3.8) is 0 Å². The van der Waals surface area contributed by atoms with Crippen LogP contribution in [-0.4, -0.2) is 38.6 Å². The van der Waals surface area contributed by atoms with Crippen molar-refractivity contribution in [2.45, 2.75) is 0 Å². The van der Waals surface area contributed by atoms with Crippen molar-refractivity contribution >= 4 is 6.21 Å². The molecule has 0 spiro atoms. The Kier molecular flexibility index (Phi) is 9.95. The van der Waals surface area contributed by atoms with Gasteiger partial charge in [0.15, 0.2) is 0 Å². The van der Waals surface area contributed by atoms with E-state index in [-0.39, 0.29) is 5.75 Å². The number of nitrogens with zero attached hydrogens (tertiary/aromatic N) is 1. The molecule has 0 saturated heterocycles. The van der Waals surface area contributed by atoms with Gasteiger partial charge in [-0.2, -0.15) is 0 Å². The standard InChI is InChI=1S/C11H16N2O2.2O.V/c1-12-5-6-13-8-9-7-10(15-2)3-4-11(9)14;;;/h3-4,7-8,12,14H,5-6H2,1-2H3;;;. The number of phenolic OH excluding ortho intramolecular Hbond substituents is 1. The summed E-state index contributed by atoms with van der Waals surface area (Å²) in [6.07, 6.45) is 1.65. The molecule has 0 amide bonds. The Morgan fingerprint density at radius 3 is 2.72 bits per heavy atom. The van der Waals surface area contributed by atoms with Crippen LogP contribution in [0, 0.1) is 0 Å². The van der Waals surface area contributed by atoms with E-state index in [0.717, 1.165) is 6.54 Å². The number of ether oxygens (including phenoxy) is 1. The molecule has 0 unspecified atom stereocenters. The van der Waals surface area contributed by atoms with Crippen LogP contribution in [0.2, 0.25) is 0 Å². The van der Waals surface area contributed by atoms with Gasteiger partial charge in [-0.05, 0) is 25.2 Å². The van der Waals surface area contributed by atoms with E-state index in [2.05, 4.69) is 10.3 Å². The van der Waals surface area contributed by atoms with E-state index < -0.39 is 16.2 Å². The number of phenols is 1. The van der Waals surface area contributed by atoms with Gasteiger partial charge in [-0.3, -0.25) is 4.99 Å². The summed E-state index contributed by atoms with van der Waals surface area (Å²) in [6, 6.07) is 5.05. The second kappa shape index (κ2) is 10.8. The Morgan fingerprint density at radius 1 is 1.50 bits per heavy atom. The van der Waals surface area contributed by atoms with Gasteiger partial charge in [0.05, 0.1) is 13.7 Å². The number of aliphatic imine (C=N–C) groups is 1. The van der Waals surface area contributed by atoms with Gasteiger partial charge in [0.25, 0.3) is 0 Å². The first-order chi connectivity index (χ1) is 8.69. The molecule has 0 aliphatic heterocycles. The molecule has 1 aromatic rings. The minimum atomic E-state index is -1.81. The Balaban J connectivity index is 0.000000873. The van der Waals surface area contributed by atoms with E-state index in [0.29, 0.717) is 17.9 Å². The minimum absolute atomic E-state index is 0.212. The van der Waals surface area contributed by atoms with E-state index in [4.69, 9.17) is 12.1 Å². The monoisotopic (exact) mass is 291 g/mol. The van der Waals surface area contributed by atoms with E-state index >= 15 is 0 Å². The number of methoxy groups -OCH3 is 1. The van der Waals surface area contributed by atoms with Gasteiger partial charge in [0.1, 0.15) is 11.5 Å². The molecule has 7 heteroatoms. The molecule has 18 heavy (non-hydrogen) atoms. The molecule has 0 aliphatic carbocycles. The molecule has 6 nitrogen and oxygen atoms in total. The van der Waals surface area contributed by atoms with Crippen LogP contribution >= 0.6 is 0 Å². The molecule has 0 atom stereocenters. The van der Waals surface area contributed by atoms with E-state index in [1.54, 1.807) is 31.5 Å². The van der Waals surface area contributed by atoms with E-state index in [9.17, 15) is 5.11 Å². The molecular formula is C11H16N2O4V. The zero-order valence-corrected chi connectivity index (χ0v) is 11.7. The van der Waals surface area contributed by atoms with Gasteiger partial charge in [0.2, 0.25) is 0 Å². The van der Waals surface area contributed by atoms with Gasteiger partial charge >= 0.3 is 23.5 Å². The van der Waals surface area contributed by atoms with Gasteiger partial charge in [-0.25, -0.2) is 0 Å². The third kappa shape index (κ3) is 7.06. The molecule has 0 fully saturated rings. The summed E-state index contributed by atoms with van der Waals surface area (Å²) >= 11 is -1.81. The van der Waals surface area contributed by atoms with Crippen LogP contribution in [0.3, 0.4) is 0 Å². The molecular weight excluding hydrogens is 275 g/mol. The maximum absolute atomic E-state index is 9.52. The summed E-state index contributed by atoms with van der Waals surface area (Å²) < 4.78 is 22.0. The summed E-state index contributed by atoms with van der Waals surface area (Å²) in [6.45, 7) is 1.51. The predicted octanol–water partition coefficient (Wildman–Crippen LogP) is 0.799. The molecule has 1 aromatic carbocycles. The number of benzene rings is 1. The van der Waals surface area contributed by atoms with Crippen molar-refractivity contribution in [1.29, 1.82) is 0 Å². The summed E-state index contributed by atoms with van der Waals surface area (Å²) in [5.41, 5.74) is 0.672. The van der Waals surface area contributed by atoms with Crippen molar-refractivity contribution in [3.8, 4) is 11.5 Å². The maximum atomic E-state index is 9.52. The van der Waals surface area contributed by atoms with Crippen molar-refractivity contribution < 1.29 is 33.4 Å². The van der Waals surface area contributed by atoms with Crippen molar-refractivity contribution in [1.82, 2.24) is 5.32 Å². The fourth-order valence-corrected chi connectivity index (χ4v) is 1.10. The van der Waals surface area contributed by atoms with Gasteiger partial charge in [-0.1, -0.05) is 0 Å². The van der Waals surface area contributed by atoms with Crippen molar-refractivity contribution in [2.75, 3.05) is 27.2 Å². The first kappa shape index (κ1) is 16.6. The Bertz CT molecular complexity index is 418. The third-order valence-corrected chi connectivity index (χ3v) is 1.96. The number of aromatic hydroxyl groups is 1. The quantitative estimate of drug-likeness (QED) is 0.619. The fourth-order valence-electron chi connectivity index (χ4n) is 1.10. The molecule has 99 valence electrons. The number of hydrogen-bond donors (Lipinski definition) is 2. The number of rotatable bonds is 5. The molecule has 0 saturated carbocycles. The van der Waals surface area contributed by atoms with E-state index in [1.807, 2.05) is 7.05 Å². The fraction of sp³-hybridized carbons (Fsp3) is 0.364. The van der Waals surface area contributed by atoms with Crippen molar-refractivity contribution in [3.05, 3.63) is 23.8 Å². The third-order valence-electron chi connectivity index (χ3n) is 1.96. The molecule has 0 heterocycles. The van der Waals surface area contributed by atoms with Crippen LogP contribution in [0.15, 0.2) is 23.2 Å². The second-order valence-corrected chi connectivity index (χ2v) is 3.37. The van der Waals surface area contributed by atoms with Crippen LogP contribution in [0.25, 0.3) is 0 Å². The molecule has 0 aromatic heterocycles. The van der Waals surface area contributed by atoms with Gasteiger partial charge in [0, 0.05) is 18.3 Å². The first-order valence-corrected chi connectivity index (χ1v) is 6.30. The van der Waals surface area contributed by atoms with Crippen LogP contribution < -0.4 is 10.1 Å². The zero-order chi connectivity index (χ0) is 13.8. The summed E-state index contributed by atoms with van der Waals surface area (Å²) in [7, 11) is 3.47. The van der Waals surface area contributed by atoms with Gasteiger partial charge < -0.3 is 15.2 Å². The number of hydrogen-bond acceptors (Lipinski definition) is 6. The number of nitrogens with one attached hydrogen (secondary N) is 1. The van der Waals surface area contributed by atoms with Crippen LogP contribution in [-0.2, 0) is 23.5 Å². The predicted molar refractivity (Wildman–Crippen MR) is 62.4 cm³/mol. The second-order valence-electron chi connectivity index (χ2n) is 3.14. The molecule has 2 N–H and O–H groups in total. The normalized spacial score (nSPS) is 9.44. The molecule has 0 aliphatic rings. The summed E-state index contributed by atoms with van der Waals surface area (Å²) in [5.74, 6) is 0.923. The SMILES string of the molecule is CNCCN=Cc1cc(OC)ccc1O.[O]=[V]=[O]. The van der Waals surface area contributed by atoms with Crippen LogP contribution in [0.5, 0.6) is 11.5 Å². The Hall–Kier alpha value is -1.37. The topological polar surface area (TPSA) is 88.0 Å². The zero-order valence-electron chi connectivity index (χ0n) is 10.3. The number of likely N-dealkylation sites (N-methyl/N-ethyl adjacent to an activating group) is 1. The van der Waals surface area contributed by atoms with Crippen LogP contribution in [0.4, 0.5) is 0 Å². The van der Waals surface area contributed by atoms with Gasteiger partial charge in [-0.15, -0.1) is 0 Å². The Labute approximate surface area is 113 Å². The molecule has 0 radical (unpaired) electrons. The molecule has 0 bridgehead atoms. The molecule has 1 rings (SSSR count). The summed E-state index contributed by atoms with van der Waals surface area (Å²) in [4.78, 5) is 4.16.